The SMILES string of the molecule is c1ccc(N2c3ccccc3N(c3ccc(-c4nc(-c5ccc(N6c7ccccc7N(c7ccccc7)c7ccccc76)cc5)n(-c5ccc(N6c7ccccc7N(c7ccccc7)c7ccccc76)cc5)n4)cc3)c3ccccc32)cc1. The first-order valence-electron chi connectivity index (χ1n) is 28.0. The lowest BCUT2D eigenvalue weighted by Crippen LogP contribution is -2.23. The highest BCUT2D eigenvalue weighted by Crippen LogP contribution is 2.57. The molecule has 0 unspecified atom stereocenters. The maximum absolute atomic E-state index is 5.45. The molecule has 9 heteroatoms. The largest absolute Gasteiger partial charge is 0.306 e. The molecule has 1 aromatic heterocycles. The molecule has 0 amide bonds. The topological polar surface area (TPSA) is 50.2 Å². The van der Waals surface area contributed by atoms with Crippen LogP contribution >= 0.6 is 0 Å². The molecular weight excluding hydrogens is 1010 g/mol. The van der Waals surface area contributed by atoms with Crippen molar-refractivity contribution in [1.29, 1.82) is 0 Å². The van der Waals surface area contributed by atoms with Crippen LogP contribution in [0.2, 0.25) is 0 Å². The zero-order valence-corrected chi connectivity index (χ0v) is 45.0. The van der Waals surface area contributed by atoms with Crippen LogP contribution in [0, 0.1) is 0 Å². The predicted molar refractivity (Wildman–Crippen MR) is 341 cm³/mol. The van der Waals surface area contributed by atoms with Gasteiger partial charge in [-0.15, -0.1) is 5.10 Å². The Morgan fingerprint density at radius 2 is 0.386 bits per heavy atom. The van der Waals surface area contributed by atoms with Crippen LogP contribution in [-0.2, 0) is 0 Å². The van der Waals surface area contributed by atoms with Crippen LogP contribution in [0.4, 0.5) is 102 Å². The second-order valence-corrected chi connectivity index (χ2v) is 20.7. The van der Waals surface area contributed by atoms with Crippen molar-refractivity contribution in [3.63, 3.8) is 0 Å². The van der Waals surface area contributed by atoms with Crippen molar-refractivity contribution in [2.45, 2.75) is 0 Å². The van der Waals surface area contributed by atoms with Crippen molar-refractivity contribution in [2.24, 2.45) is 0 Å². The van der Waals surface area contributed by atoms with Gasteiger partial charge < -0.3 is 29.4 Å². The quantitative estimate of drug-likeness (QED) is 0.142. The average Bonchev–Trinajstić information content (AvgIpc) is 3.96. The fourth-order valence-electron chi connectivity index (χ4n) is 12.3. The molecule has 0 N–H and O–H groups in total. The molecular formula is C74H51N9. The minimum atomic E-state index is 0.620. The van der Waals surface area contributed by atoms with Crippen molar-refractivity contribution >= 4 is 102 Å². The standard InChI is InChI=1S/C74H51N9/c1-4-22-54(23-5-1)77-61-28-10-16-34-67(61)80(68-35-17-11-29-62(68)77)57-44-40-52(41-45-57)73-75-74(53-42-46-58(47-43-53)81-69-36-18-12-30-63(69)78(55-24-6-2-7-25-55)64-31-13-19-37-70(64)81)83(76-73)60-50-48-59(49-51-60)82-71-38-20-14-32-65(71)79(56-26-8-3-9-27-56)66-33-15-21-39-72(66)82/h1-51H. The van der Waals surface area contributed by atoms with Gasteiger partial charge in [0.25, 0.3) is 0 Å². The van der Waals surface area contributed by atoms with Gasteiger partial charge in [-0.2, -0.15) is 0 Å². The first kappa shape index (κ1) is 47.6. The number of para-hydroxylation sites is 15. The lowest BCUT2D eigenvalue weighted by molar-refractivity contribution is 0.890. The van der Waals surface area contributed by atoms with Gasteiger partial charge in [-0.1, -0.05) is 127 Å². The molecule has 0 bridgehead atoms. The van der Waals surface area contributed by atoms with Gasteiger partial charge in [-0.25, -0.2) is 9.67 Å². The first-order valence-corrected chi connectivity index (χ1v) is 28.0. The number of anilines is 18. The summed E-state index contributed by atoms with van der Waals surface area (Å²) in [5.41, 5.74) is 22.3. The molecule has 0 aliphatic carbocycles. The smallest absolute Gasteiger partial charge is 0.182 e. The molecule has 0 saturated heterocycles. The molecule has 392 valence electrons. The highest BCUT2D eigenvalue weighted by molar-refractivity contribution is 6.04. The van der Waals surface area contributed by atoms with Crippen LogP contribution in [0.1, 0.15) is 0 Å². The van der Waals surface area contributed by atoms with E-state index in [4.69, 9.17) is 10.1 Å². The van der Waals surface area contributed by atoms with Crippen LogP contribution < -0.4 is 29.4 Å². The Morgan fingerprint density at radius 1 is 0.181 bits per heavy atom. The van der Waals surface area contributed by atoms with Gasteiger partial charge >= 0.3 is 0 Å². The maximum atomic E-state index is 5.45. The molecule has 3 aliphatic heterocycles. The van der Waals surface area contributed by atoms with Crippen LogP contribution in [0.25, 0.3) is 28.5 Å². The molecule has 4 heterocycles. The number of fused-ring (bicyclic) bond motifs is 6. The Bertz CT molecular complexity index is 4190. The lowest BCUT2D eigenvalue weighted by atomic mass is 10.0. The highest BCUT2D eigenvalue weighted by Gasteiger charge is 2.34. The number of rotatable bonds is 9. The Balaban J connectivity index is 0.794. The molecule has 16 rings (SSSR count). The van der Waals surface area contributed by atoms with Crippen LogP contribution in [0.5, 0.6) is 0 Å². The summed E-state index contributed by atoms with van der Waals surface area (Å²) in [6.07, 6.45) is 0. The van der Waals surface area contributed by atoms with Crippen LogP contribution in [0.15, 0.2) is 309 Å². The van der Waals surface area contributed by atoms with Gasteiger partial charge in [-0.3, -0.25) is 0 Å². The predicted octanol–water partition coefficient (Wildman–Crippen LogP) is 20.4. The molecule has 13 aromatic rings. The number of benzene rings is 12. The highest BCUT2D eigenvalue weighted by atomic mass is 15.4. The second kappa shape index (κ2) is 19.7. The van der Waals surface area contributed by atoms with Crippen molar-refractivity contribution in [3.05, 3.63) is 309 Å². The third-order valence-corrected chi connectivity index (χ3v) is 16.0. The summed E-state index contributed by atoms with van der Waals surface area (Å²) in [6, 6.07) is 110. The van der Waals surface area contributed by atoms with E-state index in [0.717, 1.165) is 125 Å². The van der Waals surface area contributed by atoms with E-state index in [0.29, 0.717) is 5.82 Å². The summed E-state index contributed by atoms with van der Waals surface area (Å²) >= 11 is 0. The van der Waals surface area contributed by atoms with E-state index in [2.05, 4.69) is 339 Å². The van der Waals surface area contributed by atoms with E-state index >= 15 is 0 Å². The molecule has 83 heavy (non-hydrogen) atoms. The fourth-order valence-corrected chi connectivity index (χ4v) is 12.3. The second-order valence-electron chi connectivity index (χ2n) is 20.7. The Hall–Kier alpha value is -11.4. The lowest BCUT2D eigenvalue weighted by Gasteiger charge is -2.40. The van der Waals surface area contributed by atoms with E-state index < -0.39 is 0 Å². The van der Waals surface area contributed by atoms with Crippen molar-refractivity contribution < 1.29 is 0 Å². The average molecular weight is 1070 g/mol. The number of hydrogen-bond acceptors (Lipinski definition) is 8. The fraction of sp³-hybridized carbons (Fsp3) is 0. The summed E-state index contributed by atoms with van der Waals surface area (Å²) < 4.78 is 2.00. The normalized spacial score (nSPS) is 12.9. The van der Waals surface area contributed by atoms with Gasteiger partial charge in [0.15, 0.2) is 11.6 Å². The molecule has 0 radical (unpaired) electrons. The Morgan fingerprint density at radius 3 is 0.651 bits per heavy atom. The van der Waals surface area contributed by atoms with E-state index in [9.17, 15) is 0 Å². The number of aromatic nitrogens is 3. The third kappa shape index (κ3) is 7.93. The van der Waals surface area contributed by atoms with E-state index in [1.807, 2.05) is 4.68 Å². The molecule has 12 aromatic carbocycles. The summed E-state index contributed by atoms with van der Waals surface area (Å²) in [4.78, 5) is 19.6. The summed E-state index contributed by atoms with van der Waals surface area (Å²) in [5, 5.41) is 5.40. The Labute approximate surface area is 481 Å². The van der Waals surface area contributed by atoms with E-state index in [1.54, 1.807) is 0 Å². The van der Waals surface area contributed by atoms with Crippen molar-refractivity contribution in [1.82, 2.24) is 14.8 Å². The molecule has 0 saturated carbocycles. The maximum Gasteiger partial charge on any atom is 0.182 e. The minimum absolute atomic E-state index is 0.620. The van der Waals surface area contributed by atoms with E-state index in [1.165, 1.54) is 0 Å². The summed E-state index contributed by atoms with van der Waals surface area (Å²) in [7, 11) is 0. The van der Waals surface area contributed by atoms with Crippen LogP contribution in [0.3, 0.4) is 0 Å². The van der Waals surface area contributed by atoms with Gasteiger partial charge in [0.1, 0.15) is 0 Å². The first-order chi connectivity index (χ1) is 41.2. The molecule has 9 nitrogen and oxygen atoms in total. The summed E-state index contributed by atoms with van der Waals surface area (Å²) in [6.45, 7) is 0. The molecule has 3 aliphatic rings. The third-order valence-electron chi connectivity index (χ3n) is 16.0. The minimum Gasteiger partial charge on any atom is -0.306 e. The summed E-state index contributed by atoms with van der Waals surface area (Å²) in [5.74, 6) is 1.35. The van der Waals surface area contributed by atoms with Gasteiger partial charge in [-0.05, 0) is 182 Å². The van der Waals surface area contributed by atoms with Crippen molar-refractivity contribution in [2.75, 3.05) is 29.4 Å². The van der Waals surface area contributed by atoms with Crippen molar-refractivity contribution in [3.8, 4) is 28.5 Å². The Kier molecular flexibility index (Phi) is 11.3. The van der Waals surface area contributed by atoms with Gasteiger partial charge in [0.05, 0.1) is 73.9 Å². The van der Waals surface area contributed by atoms with Gasteiger partial charge in [0, 0.05) is 45.3 Å². The molecule has 0 fully saturated rings. The number of hydrogen-bond donors (Lipinski definition) is 0. The zero-order valence-electron chi connectivity index (χ0n) is 45.0. The monoisotopic (exact) mass is 1070 g/mol. The number of nitrogens with zero attached hydrogens (tertiary/aromatic N) is 9. The molecule has 0 spiro atoms. The van der Waals surface area contributed by atoms with Crippen LogP contribution in [-0.4, -0.2) is 14.8 Å². The zero-order chi connectivity index (χ0) is 54.8. The molecule has 0 atom stereocenters. The van der Waals surface area contributed by atoms with Gasteiger partial charge in [0.2, 0.25) is 0 Å². The van der Waals surface area contributed by atoms with E-state index in [-0.39, 0.29) is 0 Å².